The van der Waals surface area contributed by atoms with E-state index >= 15 is 0 Å². The molecule has 0 amide bonds. The summed E-state index contributed by atoms with van der Waals surface area (Å²) in [5.41, 5.74) is 3.07. The van der Waals surface area contributed by atoms with Crippen molar-refractivity contribution in [3.05, 3.63) is 99.0 Å². The first-order valence-corrected chi connectivity index (χ1v) is 8.11. The summed E-state index contributed by atoms with van der Waals surface area (Å²) >= 11 is 9.50. The molecule has 0 saturated heterocycles. The van der Waals surface area contributed by atoms with Crippen LogP contribution in [0.5, 0.6) is 5.75 Å². The average Bonchev–Trinajstić information content (AvgIpc) is 2.54. The highest BCUT2D eigenvalue weighted by molar-refractivity contribution is 9.10. The predicted molar refractivity (Wildman–Crippen MR) is 94.6 cm³/mol. The summed E-state index contributed by atoms with van der Waals surface area (Å²) < 4.78 is 0.940. The second-order valence-corrected chi connectivity index (χ2v) is 6.45. The fraction of sp³-hybridized carbons (Fsp3) is 0.0526. The fourth-order valence-electron chi connectivity index (χ4n) is 2.61. The third kappa shape index (κ3) is 3.18. The smallest absolute Gasteiger partial charge is 0.119 e. The second-order valence-electron chi connectivity index (χ2n) is 5.10. The number of rotatable bonds is 3. The SMILES string of the molecule is Oc1ccc(Br)cc1C(c1ccccc1)c1ccc(Cl)cc1. The highest BCUT2D eigenvalue weighted by Gasteiger charge is 2.20. The quantitative estimate of drug-likeness (QED) is 0.559. The molecule has 0 fully saturated rings. The van der Waals surface area contributed by atoms with Gasteiger partial charge in [-0.3, -0.25) is 0 Å². The van der Waals surface area contributed by atoms with E-state index in [0.29, 0.717) is 5.02 Å². The zero-order valence-corrected chi connectivity index (χ0v) is 14.1. The molecule has 3 aromatic carbocycles. The summed E-state index contributed by atoms with van der Waals surface area (Å²) in [6.45, 7) is 0. The molecular formula is C19H14BrClO. The Hall–Kier alpha value is -1.77. The second kappa shape index (κ2) is 6.55. The standard InChI is InChI=1S/C19H14BrClO/c20-15-8-11-18(22)17(12-15)19(13-4-2-1-3-5-13)14-6-9-16(21)10-7-14/h1-12,19,22H. The summed E-state index contributed by atoms with van der Waals surface area (Å²) in [6.07, 6.45) is 0. The molecule has 0 heterocycles. The molecule has 0 bridgehead atoms. The molecule has 0 aliphatic rings. The average molecular weight is 374 g/mol. The zero-order chi connectivity index (χ0) is 15.5. The van der Waals surface area contributed by atoms with Crippen LogP contribution in [0.25, 0.3) is 0 Å². The van der Waals surface area contributed by atoms with Crippen molar-refractivity contribution in [2.24, 2.45) is 0 Å². The van der Waals surface area contributed by atoms with Gasteiger partial charge in [-0.15, -0.1) is 0 Å². The largest absolute Gasteiger partial charge is 0.508 e. The number of hydrogen-bond donors (Lipinski definition) is 1. The first-order valence-electron chi connectivity index (χ1n) is 6.94. The van der Waals surface area contributed by atoms with Crippen LogP contribution in [0.1, 0.15) is 22.6 Å². The van der Waals surface area contributed by atoms with E-state index in [9.17, 15) is 5.11 Å². The van der Waals surface area contributed by atoms with Crippen LogP contribution in [0.3, 0.4) is 0 Å². The molecule has 22 heavy (non-hydrogen) atoms. The van der Waals surface area contributed by atoms with Crippen LogP contribution in [-0.4, -0.2) is 5.11 Å². The van der Waals surface area contributed by atoms with Crippen molar-refractivity contribution in [2.45, 2.75) is 5.92 Å². The van der Waals surface area contributed by atoms with Gasteiger partial charge in [0.2, 0.25) is 0 Å². The van der Waals surface area contributed by atoms with E-state index in [1.807, 2.05) is 54.6 Å². The Morgan fingerprint density at radius 3 is 2.14 bits per heavy atom. The minimum absolute atomic E-state index is 0.0454. The Labute approximate surface area is 143 Å². The van der Waals surface area contributed by atoms with E-state index in [4.69, 9.17) is 11.6 Å². The first kappa shape index (κ1) is 15.1. The minimum Gasteiger partial charge on any atom is -0.508 e. The van der Waals surface area contributed by atoms with E-state index in [-0.39, 0.29) is 11.7 Å². The Morgan fingerprint density at radius 1 is 0.818 bits per heavy atom. The molecule has 1 unspecified atom stereocenters. The maximum absolute atomic E-state index is 10.3. The van der Waals surface area contributed by atoms with Crippen LogP contribution >= 0.6 is 27.5 Å². The monoisotopic (exact) mass is 372 g/mol. The Balaban J connectivity index is 2.19. The molecule has 1 N–H and O–H groups in total. The normalized spacial score (nSPS) is 12.1. The van der Waals surface area contributed by atoms with Gasteiger partial charge in [-0.2, -0.15) is 0 Å². The van der Waals surface area contributed by atoms with Crippen LogP contribution < -0.4 is 0 Å². The highest BCUT2D eigenvalue weighted by atomic mass is 79.9. The van der Waals surface area contributed by atoms with E-state index < -0.39 is 0 Å². The molecule has 0 aliphatic heterocycles. The third-order valence-corrected chi connectivity index (χ3v) is 4.38. The van der Waals surface area contributed by atoms with Gasteiger partial charge in [0, 0.05) is 21.0 Å². The lowest BCUT2D eigenvalue weighted by Gasteiger charge is -2.20. The van der Waals surface area contributed by atoms with Crippen molar-refractivity contribution in [1.82, 2.24) is 0 Å². The molecule has 1 atom stereocenters. The van der Waals surface area contributed by atoms with Crippen molar-refractivity contribution >= 4 is 27.5 Å². The Kier molecular flexibility index (Phi) is 4.51. The van der Waals surface area contributed by atoms with Crippen LogP contribution in [0.15, 0.2) is 77.3 Å². The molecule has 3 aromatic rings. The third-order valence-electron chi connectivity index (χ3n) is 3.64. The summed E-state index contributed by atoms with van der Waals surface area (Å²) in [6, 6.07) is 23.4. The fourth-order valence-corrected chi connectivity index (χ4v) is 3.11. The van der Waals surface area contributed by atoms with Gasteiger partial charge in [-0.1, -0.05) is 70.0 Å². The lowest BCUT2D eigenvalue weighted by atomic mass is 9.85. The maximum atomic E-state index is 10.3. The van der Waals surface area contributed by atoms with E-state index in [1.165, 1.54) is 0 Å². The predicted octanol–water partition coefficient (Wildman–Crippen LogP) is 5.99. The van der Waals surface area contributed by atoms with Crippen molar-refractivity contribution in [2.75, 3.05) is 0 Å². The number of halogens is 2. The Bertz CT molecular complexity index is 769. The van der Waals surface area contributed by atoms with Gasteiger partial charge in [-0.05, 0) is 41.5 Å². The number of phenols is 1. The number of phenolic OH excluding ortho intramolecular Hbond substituents is 1. The van der Waals surface area contributed by atoms with E-state index in [0.717, 1.165) is 21.2 Å². The number of aromatic hydroxyl groups is 1. The van der Waals surface area contributed by atoms with Crippen molar-refractivity contribution < 1.29 is 5.11 Å². The van der Waals surface area contributed by atoms with Gasteiger partial charge in [-0.25, -0.2) is 0 Å². The molecule has 1 nitrogen and oxygen atoms in total. The summed E-state index contributed by atoms with van der Waals surface area (Å²) in [7, 11) is 0. The summed E-state index contributed by atoms with van der Waals surface area (Å²) in [5.74, 6) is 0.239. The van der Waals surface area contributed by atoms with Crippen molar-refractivity contribution in [1.29, 1.82) is 0 Å². The molecule has 0 saturated carbocycles. The summed E-state index contributed by atoms with van der Waals surface area (Å²) in [4.78, 5) is 0. The van der Waals surface area contributed by atoms with Gasteiger partial charge < -0.3 is 5.11 Å². The van der Waals surface area contributed by atoms with E-state index in [2.05, 4.69) is 28.1 Å². The molecule has 0 aromatic heterocycles. The van der Waals surface area contributed by atoms with Crippen LogP contribution in [0, 0.1) is 0 Å². The molecule has 0 spiro atoms. The number of hydrogen-bond acceptors (Lipinski definition) is 1. The van der Waals surface area contributed by atoms with Crippen LogP contribution in [0.4, 0.5) is 0 Å². The molecule has 3 rings (SSSR count). The van der Waals surface area contributed by atoms with Crippen molar-refractivity contribution in [3.63, 3.8) is 0 Å². The zero-order valence-electron chi connectivity index (χ0n) is 11.7. The van der Waals surface area contributed by atoms with Gasteiger partial charge in [0.25, 0.3) is 0 Å². The Morgan fingerprint density at radius 2 is 1.45 bits per heavy atom. The molecule has 3 heteroatoms. The van der Waals surface area contributed by atoms with Crippen molar-refractivity contribution in [3.8, 4) is 5.75 Å². The highest BCUT2D eigenvalue weighted by Crippen LogP contribution is 2.38. The van der Waals surface area contributed by atoms with Gasteiger partial charge in [0.05, 0.1) is 0 Å². The maximum Gasteiger partial charge on any atom is 0.119 e. The first-order chi connectivity index (χ1) is 10.6. The lowest BCUT2D eigenvalue weighted by molar-refractivity contribution is 0.467. The molecular weight excluding hydrogens is 360 g/mol. The topological polar surface area (TPSA) is 20.2 Å². The van der Waals surface area contributed by atoms with Crippen LogP contribution in [0.2, 0.25) is 5.02 Å². The van der Waals surface area contributed by atoms with Gasteiger partial charge >= 0.3 is 0 Å². The lowest BCUT2D eigenvalue weighted by Crippen LogP contribution is -2.03. The van der Waals surface area contributed by atoms with E-state index in [1.54, 1.807) is 6.07 Å². The molecule has 0 radical (unpaired) electrons. The molecule has 0 aliphatic carbocycles. The van der Waals surface area contributed by atoms with Crippen LogP contribution in [-0.2, 0) is 0 Å². The summed E-state index contributed by atoms with van der Waals surface area (Å²) in [5, 5.41) is 11.0. The molecule has 110 valence electrons. The number of benzene rings is 3. The van der Waals surface area contributed by atoms with Gasteiger partial charge in [0.1, 0.15) is 5.75 Å². The minimum atomic E-state index is -0.0454. The van der Waals surface area contributed by atoms with Gasteiger partial charge in [0.15, 0.2) is 0 Å².